The van der Waals surface area contributed by atoms with Gasteiger partial charge in [0.05, 0.1) is 21.3 Å². The third-order valence-electron chi connectivity index (χ3n) is 2.51. The largest absolute Gasteiger partial charge is 0.398 e. The number of carbonyl (C=O) groups is 1. The zero-order valence-corrected chi connectivity index (χ0v) is 12.9. The summed E-state index contributed by atoms with van der Waals surface area (Å²) in [6.07, 6.45) is 0. The van der Waals surface area contributed by atoms with E-state index in [1.165, 1.54) is 18.2 Å². The number of benzene rings is 2. The predicted octanol–water partition coefficient (Wildman–Crippen LogP) is 5.13. The topological polar surface area (TPSA) is 55.1 Å². The van der Waals surface area contributed by atoms with Crippen LogP contribution in [0.1, 0.15) is 10.4 Å². The Hall–Kier alpha value is -1.13. The molecule has 0 aliphatic heterocycles. The molecule has 0 spiro atoms. The van der Waals surface area contributed by atoms with E-state index in [4.69, 9.17) is 52.1 Å². The van der Waals surface area contributed by atoms with Gasteiger partial charge in [-0.1, -0.05) is 46.4 Å². The number of amides is 1. The molecular formula is C13H8Cl4N2O. The van der Waals surface area contributed by atoms with E-state index in [-0.39, 0.29) is 21.3 Å². The summed E-state index contributed by atoms with van der Waals surface area (Å²) in [5, 5.41) is 3.83. The molecule has 104 valence electrons. The van der Waals surface area contributed by atoms with E-state index >= 15 is 0 Å². The van der Waals surface area contributed by atoms with Crippen LogP contribution in [0.3, 0.4) is 0 Å². The Kier molecular flexibility index (Phi) is 4.66. The van der Waals surface area contributed by atoms with Crippen LogP contribution in [0.5, 0.6) is 0 Å². The summed E-state index contributed by atoms with van der Waals surface area (Å²) in [4.78, 5) is 12.2. The first-order valence-electron chi connectivity index (χ1n) is 5.39. The zero-order valence-electron chi connectivity index (χ0n) is 9.88. The highest BCUT2D eigenvalue weighted by Crippen LogP contribution is 2.34. The van der Waals surface area contributed by atoms with Gasteiger partial charge in [0.2, 0.25) is 0 Å². The molecule has 7 heteroatoms. The number of rotatable bonds is 2. The maximum absolute atomic E-state index is 12.2. The molecule has 2 aromatic carbocycles. The van der Waals surface area contributed by atoms with Gasteiger partial charge in [-0.3, -0.25) is 4.79 Å². The Morgan fingerprint density at radius 2 is 1.55 bits per heavy atom. The molecule has 0 aliphatic carbocycles. The SMILES string of the molecule is Nc1ccc(Cl)cc1C(=O)Nc1c(Cl)cc(Cl)cc1Cl. The first kappa shape index (κ1) is 15.3. The molecule has 20 heavy (non-hydrogen) atoms. The van der Waals surface area contributed by atoms with Gasteiger partial charge >= 0.3 is 0 Å². The normalized spacial score (nSPS) is 10.4. The fraction of sp³-hybridized carbons (Fsp3) is 0. The van der Waals surface area contributed by atoms with E-state index in [1.54, 1.807) is 12.1 Å². The lowest BCUT2D eigenvalue weighted by Crippen LogP contribution is -2.14. The molecule has 3 N–H and O–H groups in total. The fourth-order valence-corrected chi connectivity index (χ4v) is 2.65. The molecule has 3 nitrogen and oxygen atoms in total. The number of anilines is 2. The van der Waals surface area contributed by atoms with Crippen LogP contribution < -0.4 is 11.1 Å². The first-order chi connectivity index (χ1) is 9.38. The summed E-state index contributed by atoms with van der Waals surface area (Å²) in [5.74, 6) is -0.462. The number of hydrogen-bond acceptors (Lipinski definition) is 2. The van der Waals surface area contributed by atoms with E-state index in [1.807, 2.05) is 0 Å². The van der Waals surface area contributed by atoms with Gasteiger partial charge in [0.25, 0.3) is 5.91 Å². The van der Waals surface area contributed by atoms with Crippen molar-refractivity contribution in [1.29, 1.82) is 0 Å². The monoisotopic (exact) mass is 348 g/mol. The molecule has 2 rings (SSSR count). The van der Waals surface area contributed by atoms with E-state index in [0.717, 1.165) is 0 Å². The van der Waals surface area contributed by atoms with Crippen LogP contribution in [0, 0.1) is 0 Å². The summed E-state index contributed by atoms with van der Waals surface area (Å²) in [6, 6.07) is 7.56. The van der Waals surface area contributed by atoms with Crippen molar-refractivity contribution in [3.63, 3.8) is 0 Å². The van der Waals surface area contributed by atoms with Crippen molar-refractivity contribution >= 4 is 63.7 Å². The average Bonchev–Trinajstić information content (AvgIpc) is 2.36. The quantitative estimate of drug-likeness (QED) is 0.738. The lowest BCUT2D eigenvalue weighted by Gasteiger charge is -2.11. The van der Waals surface area contributed by atoms with Gasteiger partial charge < -0.3 is 11.1 Å². The summed E-state index contributed by atoms with van der Waals surface area (Å²) < 4.78 is 0. The van der Waals surface area contributed by atoms with Gasteiger partial charge in [-0.15, -0.1) is 0 Å². The highest BCUT2D eigenvalue weighted by atomic mass is 35.5. The Bertz CT molecular complexity index is 665. The van der Waals surface area contributed by atoms with Gasteiger partial charge in [-0.2, -0.15) is 0 Å². The molecule has 1 amide bonds. The standard InChI is InChI=1S/C13H8Cl4N2O/c14-6-1-2-11(18)8(3-6)13(20)19-12-9(16)4-7(15)5-10(12)17/h1-5H,18H2,(H,19,20). The molecule has 0 fully saturated rings. The Labute approximate surface area is 135 Å². The molecule has 0 saturated heterocycles. The summed E-state index contributed by atoms with van der Waals surface area (Å²) in [6.45, 7) is 0. The smallest absolute Gasteiger partial charge is 0.257 e. The summed E-state index contributed by atoms with van der Waals surface area (Å²) >= 11 is 23.6. The van der Waals surface area contributed by atoms with Crippen molar-refractivity contribution in [3.8, 4) is 0 Å². The number of nitrogens with one attached hydrogen (secondary N) is 1. The second-order valence-electron chi connectivity index (χ2n) is 3.93. The molecule has 0 aromatic heterocycles. The van der Waals surface area contributed by atoms with Crippen molar-refractivity contribution in [3.05, 3.63) is 56.0 Å². The summed E-state index contributed by atoms with van der Waals surface area (Å²) in [5.41, 5.74) is 6.54. The van der Waals surface area contributed by atoms with Crippen LogP contribution in [-0.2, 0) is 0 Å². The maximum Gasteiger partial charge on any atom is 0.257 e. The van der Waals surface area contributed by atoms with Crippen molar-refractivity contribution in [2.24, 2.45) is 0 Å². The highest BCUT2D eigenvalue weighted by Gasteiger charge is 2.15. The van der Waals surface area contributed by atoms with Gasteiger partial charge in [-0.25, -0.2) is 0 Å². The highest BCUT2D eigenvalue weighted by molar-refractivity contribution is 6.42. The van der Waals surface area contributed by atoms with Gasteiger partial charge in [0.1, 0.15) is 0 Å². The molecule has 0 heterocycles. The van der Waals surface area contributed by atoms with Gasteiger partial charge in [0, 0.05) is 15.7 Å². The zero-order chi connectivity index (χ0) is 14.9. The average molecular weight is 350 g/mol. The second kappa shape index (κ2) is 6.10. The van der Waals surface area contributed by atoms with Crippen molar-refractivity contribution in [1.82, 2.24) is 0 Å². The van der Waals surface area contributed by atoms with E-state index in [0.29, 0.717) is 15.7 Å². The Morgan fingerprint density at radius 3 is 2.15 bits per heavy atom. The number of halogens is 4. The predicted molar refractivity (Wildman–Crippen MR) is 85.3 cm³/mol. The molecular weight excluding hydrogens is 342 g/mol. The maximum atomic E-state index is 12.2. The van der Waals surface area contributed by atoms with Crippen LogP contribution in [0.25, 0.3) is 0 Å². The van der Waals surface area contributed by atoms with Gasteiger partial charge in [-0.05, 0) is 30.3 Å². The molecule has 0 radical (unpaired) electrons. The van der Waals surface area contributed by atoms with Crippen LogP contribution in [-0.4, -0.2) is 5.91 Å². The second-order valence-corrected chi connectivity index (χ2v) is 5.62. The molecule has 0 bridgehead atoms. The molecule has 0 aliphatic rings. The number of hydrogen-bond donors (Lipinski definition) is 2. The van der Waals surface area contributed by atoms with Crippen LogP contribution >= 0.6 is 46.4 Å². The van der Waals surface area contributed by atoms with Crippen molar-refractivity contribution < 1.29 is 4.79 Å². The minimum atomic E-state index is -0.462. The molecule has 0 saturated carbocycles. The molecule has 0 unspecified atom stereocenters. The number of carbonyl (C=O) groups excluding carboxylic acids is 1. The van der Waals surface area contributed by atoms with Gasteiger partial charge in [0.15, 0.2) is 0 Å². The lowest BCUT2D eigenvalue weighted by molar-refractivity contribution is 0.102. The minimum Gasteiger partial charge on any atom is -0.398 e. The number of nitrogen functional groups attached to an aromatic ring is 1. The van der Waals surface area contributed by atoms with E-state index < -0.39 is 5.91 Å². The Morgan fingerprint density at radius 1 is 0.950 bits per heavy atom. The van der Waals surface area contributed by atoms with E-state index in [9.17, 15) is 4.79 Å². The lowest BCUT2D eigenvalue weighted by atomic mass is 10.1. The van der Waals surface area contributed by atoms with Crippen LogP contribution in [0.15, 0.2) is 30.3 Å². The van der Waals surface area contributed by atoms with Crippen molar-refractivity contribution in [2.75, 3.05) is 11.1 Å². The minimum absolute atomic E-state index is 0.233. The van der Waals surface area contributed by atoms with Crippen molar-refractivity contribution in [2.45, 2.75) is 0 Å². The Balaban J connectivity index is 2.35. The summed E-state index contributed by atoms with van der Waals surface area (Å²) in [7, 11) is 0. The first-order valence-corrected chi connectivity index (χ1v) is 6.90. The number of nitrogens with two attached hydrogens (primary N) is 1. The molecule has 2 aromatic rings. The molecule has 0 atom stereocenters. The van der Waals surface area contributed by atoms with E-state index in [2.05, 4.69) is 5.32 Å². The third kappa shape index (κ3) is 3.30. The van der Waals surface area contributed by atoms with Crippen LogP contribution in [0.2, 0.25) is 20.1 Å². The third-order valence-corrected chi connectivity index (χ3v) is 3.55. The fourth-order valence-electron chi connectivity index (χ4n) is 1.57. The van der Waals surface area contributed by atoms with Crippen LogP contribution in [0.4, 0.5) is 11.4 Å².